The summed E-state index contributed by atoms with van der Waals surface area (Å²) in [5, 5.41) is 0. The van der Waals surface area contributed by atoms with Gasteiger partial charge in [-0.1, -0.05) is 12.1 Å². The molecule has 5 heteroatoms. The summed E-state index contributed by atoms with van der Waals surface area (Å²) in [6, 6.07) is 13.6. The maximum Gasteiger partial charge on any atom is 0.263 e. The van der Waals surface area contributed by atoms with Crippen LogP contribution in [0.3, 0.4) is 0 Å². The van der Waals surface area contributed by atoms with E-state index in [9.17, 15) is 9.18 Å². The third-order valence-corrected chi connectivity index (χ3v) is 4.49. The molecule has 2 atom stereocenters. The van der Waals surface area contributed by atoms with Crippen LogP contribution >= 0.6 is 0 Å². The SMILES string of the molecule is COc1cccc(C2CCCN2C(=O)C(C)Oc2ccc(F)cc2)c1. The minimum Gasteiger partial charge on any atom is -0.497 e. The van der Waals surface area contributed by atoms with Crippen molar-refractivity contribution < 1.29 is 18.7 Å². The van der Waals surface area contributed by atoms with Crippen molar-refractivity contribution >= 4 is 5.91 Å². The van der Waals surface area contributed by atoms with Crippen molar-refractivity contribution in [3.8, 4) is 11.5 Å². The van der Waals surface area contributed by atoms with Crippen LogP contribution in [0.1, 0.15) is 31.4 Å². The number of hydrogen-bond acceptors (Lipinski definition) is 3. The molecular weight excluding hydrogens is 321 g/mol. The number of hydrogen-bond donors (Lipinski definition) is 0. The molecule has 0 aliphatic carbocycles. The Morgan fingerprint density at radius 1 is 1.20 bits per heavy atom. The first-order chi connectivity index (χ1) is 12.1. The number of carbonyl (C=O) groups excluding carboxylic acids is 1. The molecule has 25 heavy (non-hydrogen) atoms. The Morgan fingerprint density at radius 2 is 1.96 bits per heavy atom. The quantitative estimate of drug-likeness (QED) is 0.825. The van der Waals surface area contributed by atoms with Crippen LogP contribution in [0.15, 0.2) is 48.5 Å². The fourth-order valence-electron chi connectivity index (χ4n) is 3.23. The number of methoxy groups -OCH3 is 1. The molecule has 1 fully saturated rings. The predicted molar refractivity (Wildman–Crippen MR) is 93.2 cm³/mol. The topological polar surface area (TPSA) is 38.8 Å². The molecule has 2 aromatic carbocycles. The van der Waals surface area contributed by atoms with Gasteiger partial charge in [0.05, 0.1) is 13.2 Å². The van der Waals surface area contributed by atoms with Crippen LogP contribution in [0.2, 0.25) is 0 Å². The largest absolute Gasteiger partial charge is 0.497 e. The Balaban J connectivity index is 1.72. The van der Waals surface area contributed by atoms with Gasteiger partial charge in [0.25, 0.3) is 5.91 Å². The number of ether oxygens (including phenoxy) is 2. The Kier molecular flexibility index (Phi) is 5.22. The Hall–Kier alpha value is -2.56. The lowest BCUT2D eigenvalue weighted by Crippen LogP contribution is -2.40. The first kappa shape index (κ1) is 17.3. The van der Waals surface area contributed by atoms with Crippen LogP contribution in [0.25, 0.3) is 0 Å². The number of nitrogens with zero attached hydrogens (tertiary/aromatic N) is 1. The Labute approximate surface area is 147 Å². The maximum atomic E-state index is 13.0. The van der Waals surface area contributed by atoms with Crippen LogP contribution in [-0.4, -0.2) is 30.6 Å². The van der Waals surface area contributed by atoms with Crippen LogP contribution in [-0.2, 0) is 4.79 Å². The number of benzene rings is 2. The molecule has 0 saturated carbocycles. The summed E-state index contributed by atoms with van der Waals surface area (Å²) in [6.45, 7) is 2.43. The second-order valence-corrected chi connectivity index (χ2v) is 6.18. The van der Waals surface area contributed by atoms with Crippen LogP contribution in [0.5, 0.6) is 11.5 Å². The average Bonchev–Trinajstić information content (AvgIpc) is 3.12. The van der Waals surface area contributed by atoms with Gasteiger partial charge in [0.15, 0.2) is 6.10 Å². The molecule has 2 unspecified atom stereocenters. The summed E-state index contributed by atoms with van der Waals surface area (Å²) in [4.78, 5) is 14.7. The first-order valence-corrected chi connectivity index (χ1v) is 8.45. The minimum atomic E-state index is -0.628. The molecule has 1 saturated heterocycles. The van der Waals surface area contributed by atoms with E-state index in [2.05, 4.69) is 0 Å². The highest BCUT2D eigenvalue weighted by molar-refractivity contribution is 5.81. The summed E-state index contributed by atoms with van der Waals surface area (Å²) in [5.41, 5.74) is 1.07. The van der Waals surface area contributed by atoms with Gasteiger partial charge in [0.2, 0.25) is 0 Å². The standard InChI is InChI=1S/C20H22FNO3/c1-14(25-17-10-8-16(21)9-11-17)20(23)22-12-4-7-19(22)15-5-3-6-18(13-15)24-2/h3,5-6,8-11,13-14,19H,4,7,12H2,1-2H3. The molecule has 132 valence electrons. The van der Waals surface area contributed by atoms with E-state index in [1.54, 1.807) is 14.0 Å². The summed E-state index contributed by atoms with van der Waals surface area (Å²) < 4.78 is 24.0. The van der Waals surface area contributed by atoms with Gasteiger partial charge >= 0.3 is 0 Å². The van der Waals surface area contributed by atoms with Gasteiger partial charge in [-0.3, -0.25) is 4.79 Å². The Morgan fingerprint density at radius 3 is 2.68 bits per heavy atom. The van der Waals surface area contributed by atoms with Crippen molar-refractivity contribution in [3.63, 3.8) is 0 Å². The number of likely N-dealkylation sites (tertiary alicyclic amines) is 1. The van der Waals surface area contributed by atoms with Gasteiger partial charge < -0.3 is 14.4 Å². The molecule has 2 aromatic rings. The highest BCUT2D eigenvalue weighted by atomic mass is 19.1. The number of amides is 1. The van der Waals surface area contributed by atoms with E-state index in [1.165, 1.54) is 24.3 Å². The van der Waals surface area contributed by atoms with Gasteiger partial charge in [-0.15, -0.1) is 0 Å². The van der Waals surface area contributed by atoms with E-state index >= 15 is 0 Å². The van der Waals surface area contributed by atoms with Gasteiger partial charge in [0.1, 0.15) is 17.3 Å². The molecule has 0 N–H and O–H groups in total. The van der Waals surface area contributed by atoms with E-state index in [-0.39, 0.29) is 17.8 Å². The summed E-state index contributed by atoms with van der Waals surface area (Å²) in [7, 11) is 1.63. The van der Waals surface area contributed by atoms with E-state index in [1.807, 2.05) is 29.2 Å². The molecule has 3 rings (SSSR count). The molecule has 1 amide bonds. The van der Waals surface area contributed by atoms with E-state index < -0.39 is 6.10 Å². The molecule has 1 aliphatic rings. The lowest BCUT2D eigenvalue weighted by molar-refractivity contribution is -0.138. The van der Waals surface area contributed by atoms with Crippen molar-refractivity contribution in [1.82, 2.24) is 4.90 Å². The molecular formula is C20H22FNO3. The summed E-state index contributed by atoms with van der Waals surface area (Å²) in [6.07, 6.45) is 1.25. The zero-order valence-corrected chi connectivity index (χ0v) is 14.4. The van der Waals surface area contributed by atoms with E-state index in [0.717, 1.165) is 24.2 Å². The van der Waals surface area contributed by atoms with Crippen molar-refractivity contribution in [2.45, 2.75) is 31.9 Å². The van der Waals surface area contributed by atoms with Gasteiger partial charge in [-0.05, 0) is 61.7 Å². The first-order valence-electron chi connectivity index (χ1n) is 8.45. The Bertz CT molecular complexity index is 732. The number of halogens is 1. The van der Waals surface area contributed by atoms with Crippen molar-refractivity contribution in [2.24, 2.45) is 0 Å². The third kappa shape index (κ3) is 3.92. The number of rotatable bonds is 5. The van der Waals surface area contributed by atoms with Crippen LogP contribution in [0.4, 0.5) is 4.39 Å². The average molecular weight is 343 g/mol. The van der Waals surface area contributed by atoms with Crippen LogP contribution < -0.4 is 9.47 Å². The summed E-state index contributed by atoms with van der Waals surface area (Å²) in [5.74, 6) is 0.880. The zero-order chi connectivity index (χ0) is 17.8. The molecule has 0 bridgehead atoms. The van der Waals surface area contributed by atoms with Gasteiger partial charge in [-0.2, -0.15) is 0 Å². The van der Waals surface area contributed by atoms with Crippen LogP contribution in [0, 0.1) is 5.82 Å². The van der Waals surface area contributed by atoms with E-state index in [4.69, 9.17) is 9.47 Å². The molecule has 1 heterocycles. The number of carbonyl (C=O) groups is 1. The fraction of sp³-hybridized carbons (Fsp3) is 0.350. The zero-order valence-electron chi connectivity index (χ0n) is 14.4. The van der Waals surface area contributed by atoms with E-state index in [0.29, 0.717) is 12.3 Å². The molecule has 4 nitrogen and oxygen atoms in total. The maximum absolute atomic E-state index is 13.0. The second kappa shape index (κ2) is 7.55. The molecule has 1 aliphatic heterocycles. The lowest BCUT2D eigenvalue weighted by atomic mass is 10.0. The smallest absolute Gasteiger partial charge is 0.263 e. The van der Waals surface area contributed by atoms with Crippen molar-refractivity contribution in [3.05, 3.63) is 59.9 Å². The third-order valence-electron chi connectivity index (χ3n) is 4.49. The predicted octanol–water partition coefficient (Wildman–Crippen LogP) is 3.97. The highest BCUT2D eigenvalue weighted by Crippen LogP contribution is 2.34. The minimum absolute atomic E-state index is 0.0295. The second-order valence-electron chi connectivity index (χ2n) is 6.18. The molecule has 0 spiro atoms. The van der Waals surface area contributed by atoms with Crippen molar-refractivity contribution in [2.75, 3.05) is 13.7 Å². The highest BCUT2D eigenvalue weighted by Gasteiger charge is 2.33. The monoisotopic (exact) mass is 343 g/mol. The molecule has 0 radical (unpaired) electrons. The van der Waals surface area contributed by atoms with Gasteiger partial charge in [-0.25, -0.2) is 4.39 Å². The van der Waals surface area contributed by atoms with Gasteiger partial charge in [0, 0.05) is 6.54 Å². The molecule has 0 aromatic heterocycles. The fourth-order valence-corrected chi connectivity index (χ4v) is 3.23. The summed E-state index contributed by atoms with van der Waals surface area (Å²) >= 11 is 0. The normalized spacial score (nSPS) is 18.0. The van der Waals surface area contributed by atoms with Crippen molar-refractivity contribution in [1.29, 1.82) is 0 Å². The lowest BCUT2D eigenvalue weighted by Gasteiger charge is -2.28.